The molecule has 0 aromatic carbocycles. The zero-order valence-electron chi connectivity index (χ0n) is 13.1. The molecular weight excluding hydrogens is 318 g/mol. The monoisotopic (exact) mass is 345 g/mol. The van der Waals surface area contributed by atoms with Gasteiger partial charge in [0.05, 0.1) is 13.2 Å². The minimum atomic E-state index is -3.44. The smallest absolute Gasteiger partial charge is 0.282 e. The van der Waals surface area contributed by atoms with E-state index in [0.717, 1.165) is 12.8 Å². The van der Waals surface area contributed by atoms with Gasteiger partial charge in [-0.3, -0.25) is 0 Å². The number of nitrogens with zero attached hydrogens (tertiary/aromatic N) is 2. The second-order valence-corrected chi connectivity index (χ2v) is 6.81. The number of likely N-dealkylation sites (N-methyl/N-ethyl adjacent to an activating group) is 1. The number of nitrogens with one attached hydrogen (secondary N) is 1. The molecule has 1 N–H and O–H groups in total. The van der Waals surface area contributed by atoms with Gasteiger partial charge in [0.25, 0.3) is 10.2 Å². The van der Waals surface area contributed by atoms with E-state index >= 15 is 0 Å². The molecular formula is C12H28ClN3O4S. The van der Waals surface area contributed by atoms with Gasteiger partial charge in [0.1, 0.15) is 0 Å². The standard InChI is InChI=1S/C12H27N3O4S.ClH/c1-13-12-5-4-6-15(11-12)20(16,17)14(7-9-18-2)8-10-19-3;/h12-13H,4-11H2,1-3H3;1H. The average Bonchev–Trinajstić information content (AvgIpc) is 2.47. The van der Waals surface area contributed by atoms with Gasteiger partial charge in [-0.25, -0.2) is 0 Å². The van der Waals surface area contributed by atoms with Crippen molar-refractivity contribution in [2.45, 2.75) is 18.9 Å². The van der Waals surface area contributed by atoms with E-state index in [1.165, 1.54) is 4.31 Å². The predicted molar refractivity (Wildman–Crippen MR) is 85.1 cm³/mol. The number of methoxy groups -OCH3 is 2. The van der Waals surface area contributed by atoms with Crippen molar-refractivity contribution in [2.24, 2.45) is 0 Å². The first-order valence-electron chi connectivity index (χ1n) is 6.96. The van der Waals surface area contributed by atoms with E-state index < -0.39 is 10.2 Å². The van der Waals surface area contributed by atoms with Gasteiger partial charge >= 0.3 is 0 Å². The SMILES string of the molecule is CNC1CCCN(S(=O)(=O)N(CCOC)CCOC)C1.Cl. The summed E-state index contributed by atoms with van der Waals surface area (Å²) in [6.45, 7) is 2.57. The summed E-state index contributed by atoms with van der Waals surface area (Å²) in [6, 6.07) is 0.227. The van der Waals surface area contributed by atoms with Gasteiger partial charge in [0, 0.05) is 46.4 Å². The highest BCUT2D eigenvalue weighted by molar-refractivity contribution is 7.86. The lowest BCUT2D eigenvalue weighted by molar-refractivity contribution is 0.145. The molecule has 0 aromatic heterocycles. The van der Waals surface area contributed by atoms with Crippen LogP contribution >= 0.6 is 12.4 Å². The molecule has 9 heteroatoms. The Morgan fingerprint density at radius 2 is 1.81 bits per heavy atom. The van der Waals surface area contributed by atoms with Gasteiger partial charge in [-0.15, -0.1) is 12.4 Å². The molecule has 1 saturated heterocycles. The highest BCUT2D eigenvalue weighted by atomic mass is 35.5. The summed E-state index contributed by atoms with van der Waals surface area (Å²) >= 11 is 0. The molecule has 0 saturated carbocycles. The van der Waals surface area contributed by atoms with Gasteiger partial charge in [-0.1, -0.05) is 0 Å². The lowest BCUT2D eigenvalue weighted by Crippen LogP contribution is -2.52. The molecule has 128 valence electrons. The van der Waals surface area contributed by atoms with E-state index in [2.05, 4.69) is 5.32 Å². The molecule has 7 nitrogen and oxygen atoms in total. The Bertz CT molecular complexity index is 362. The first kappa shape index (κ1) is 21.0. The fourth-order valence-electron chi connectivity index (χ4n) is 2.28. The summed E-state index contributed by atoms with van der Waals surface area (Å²) in [7, 11) is 1.56. The van der Waals surface area contributed by atoms with Crippen LogP contribution in [0.5, 0.6) is 0 Å². The van der Waals surface area contributed by atoms with E-state index in [1.807, 2.05) is 7.05 Å². The van der Waals surface area contributed by atoms with Crippen molar-refractivity contribution in [3.05, 3.63) is 0 Å². The van der Waals surface area contributed by atoms with E-state index in [0.29, 0.717) is 39.4 Å². The van der Waals surface area contributed by atoms with Crippen LogP contribution in [0.15, 0.2) is 0 Å². The molecule has 0 aliphatic carbocycles. The molecule has 1 unspecified atom stereocenters. The number of halogens is 1. The number of rotatable bonds is 9. The third-order valence-corrected chi connectivity index (χ3v) is 5.54. The Morgan fingerprint density at radius 1 is 1.24 bits per heavy atom. The van der Waals surface area contributed by atoms with Crippen LogP contribution in [0, 0.1) is 0 Å². The van der Waals surface area contributed by atoms with Crippen LogP contribution in [0.1, 0.15) is 12.8 Å². The molecule has 1 fully saturated rings. The fourth-order valence-corrected chi connectivity index (χ4v) is 3.94. The molecule has 1 aliphatic rings. The minimum Gasteiger partial charge on any atom is -0.383 e. The molecule has 0 amide bonds. The Morgan fingerprint density at radius 3 is 2.29 bits per heavy atom. The summed E-state index contributed by atoms with van der Waals surface area (Å²) in [5, 5.41) is 3.16. The lowest BCUT2D eigenvalue weighted by Gasteiger charge is -2.35. The number of hydrogen-bond acceptors (Lipinski definition) is 5. The van der Waals surface area contributed by atoms with Gasteiger partial charge < -0.3 is 14.8 Å². The summed E-state index contributed by atoms with van der Waals surface area (Å²) in [4.78, 5) is 0. The maximum absolute atomic E-state index is 12.7. The van der Waals surface area contributed by atoms with Crippen LogP contribution in [0.4, 0.5) is 0 Å². The van der Waals surface area contributed by atoms with E-state index in [4.69, 9.17) is 9.47 Å². The van der Waals surface area contributed by atoms with Crippen LogP contribution in [0.2, 0.25) is 0 Å². The Kier molecular flexibility index (Phi) is 10.7. The van der Waals surface area contributed by atoms with Crippen LogP contribution in [0.25, 0.3) is 0 Å². The topological polar surface area (TPSA) is 71.1 Å². The first-order valence-corrected chi connectivity index (χ1v) is 8.36. The van der Waals surface area contributed by atoms with Gasteiger partial charge in [-0.2, -0.15) is 17.0 Å². The molecule has 0 spiro atoms. The van der Waals surface area contributed by atoms with E-state index in [-0.39, 0.29) is 18.4 Å². The van der Waals surface area contributed by atoms with Crippen molar-refractivity contribution in [2.75, 3.05) is 60.7 Å². The van der Waals surface area contributed by atoms with Crippen molar-refractivity contribution < 1.29 is 17.9 Å². The second-order valence-electron chi connectivity index (χ2n) is 4.88. The second kappa shape index (κ2) is 10.7. The Balaban J connectivity index is 0.00000400. The van der Waals surface area contributed by atoms with E-state index in [1.54, 1.807) is 18.5 Å². The van der Waals surface area contributed by atoms with Crippen molar-refractivity contribution in [3.63, 3.8) is 0 Å². The minimum absolute atomic E-state index is 0. The molecule has 1 atom stereocenters. The van der Waals surface area contributed by atoms with Gasteiger partial charge in [-0.05, 0) is 19.9 Å². The van der Waals surface area contributed by atoms with Crippen LogP contribution < -0.4 is 5.32 Å². The zero-order chi connectivity index (χ0) is 15.0. The zero-order valence-corrected chi connectivity index (χ0v) is 14.7. The van der Waals surface area contributed by atoms with Crippen LogP contribution in [-0.2, 0) is 19.7 Å². The first-order chi connectivity index (χ1) is 9.56. The maximum atomic E-state index is 12.7. The van der Waals surface area contributed by atoms with Crippen molar-refractivity contribution in [1.82, 2.24) is 13.9 Å². The molecule has 0 bridgehead atoms. The van der Waals surface area contributed by atoms with E-state index in [9.17, 15) is 8.42 Å². The molecule has 0 aromatic rings. The summed E-state index contributed by atoms with van der Waals surface area (Å²) in [5.74, 6) is 0. The number of piperidine rings is 1. The fraction of sp³-hybridized carbons (Fsp3) is 1.00. The van der Waals surface area contributed by atoms with Gasteiger partial charge in [0.15, 0.2) is 0 Å². The van der Waals surface area contributed by atoms with Crippen LogP contribution in [0.3, 0.4) is 0 Å². The third kappa shape index (κ3) is 6.35. The molecule has 0 radical (unpaired) electrons. The van der Waals surface area contributed by atoms with Crippen molar-refractivity contribution >= 4 is 22.6 Å². The maximum Gasteiger partial charge on any atom is 0.282 e. The Hall–Kier alpha value is 0.0400. The summed E-state index contributed by atoms with van der Waals surface area (Å²) < 4.78 is 38.3. The quantitative estimate of drug-likeness (QED) is 0.633. The lowest BCUT2D eigenvalue weighted by atomic mass is 10.1. The molecule has 1 heterocycles. The van der Waals surface area contributed by atoms with Crippen molar-refractivity contribution in [1.29, 1.82) is 0 Å². The largest absolute Gasteiger partial charge is 0.383 e. The highest BCUT2D eigenvalue weighted by Crippen LogP contribution is 2.16. The normalized spacial score (nSPS) is 20.5. The van der Waals surface area contributed by atoms with Crippen LogP contribution in [-0.4, -0.2) is 83.7 Å². The van der Waals surface area contributed by atoms with Crippen molar-refractivity contribution in [3.8, 4) is 0 Å². The Labute approximate surface area is 134 Å². The molecule has 21 heavy (non-hydrogen) atoms. The summed E-state index contributed by atoms with van der Waals surface area (Å²) in [5.41, 5.74) is 0. The molecule has 1 rings (SSSR count). The van der Waals surface area contributed by atoms with Gasteiger partial charge in [0.2, 0.25) is 0 Å². The number of hydrogen-bond donors (Lipinski definition) is 1. The third-order valence-electron chi connectivity index (χ3n) is 3.53. The highest BCUT2D eigenvalue weighted by Gasteiger charge is 2.32. The number of ether oxygens (including phenoxy) is 2. The predicted octanol–water partition coefficient (Wildman–Crippen LogP) is -0.0684. The average molecular weight is 346 g/mol. The summed E-state index contributed by atoms with van der Waals surface area (Å²) in [6.07, 6.45) is 1.89. The molecule has 1 aliphatic heterocycles.